The minimum absolute atomic E-state index is 0.185. The highest BCUT2D eigenvalue weighted by Crippen LogP contribution is 2.25. The molecule has 11 heteroatoms. The van der Waals surface area contributed by atoms with E-state index in [1.54, 1.807) is 23.0 Å². The van der Waals surface area contributed by atoms with E-state index in [9.17, 15) is 4.79 Å². The molecule has 1 aliphatic heterocycles. The molecule has 4 aromatic rings. The summed E-state index contributed by atoms with van der Waals surface area (Å²) >= 11 is 0. The van der Waals surface area contributed by atoms with Crippen LogP contribution in [0.2, 0.25) is 0 Å². The predicted molar refractivity (Wildman–Crippen MR) is 140 cm³/mol. The molecule has 0 spiro atoms. The molecule has 5 heterocycles. The van der Waals surface area contributed by atoms with Gasteiger partial charge in [-0.2, -0.15) is 0 Å². The topological polar surface area (TPSA) is 118 Å². The Balaban J connectivity index is 1.35. The van der Waals surface area contributed by atoms with E-state index < -0.39 is 0 Å². The monoisotopic (exact) mass is 501 g/mol. The molecule has 0 saturated carbocycles. The van der Waals surface area contributed by atoms with Crippen molar-refractivity contribution in [3.8, 4) is 16.9 Å². The van der Waals surface area contributed by atoms with E-state index in [0.29, 0.717) is 22.6 Å². The van der Waals surface area contributed by atoms with Gasteiger partial charge in [-0.25, -0.2) is 4.68 Å². The lowest BCUT2D eigenvalue weighted by atomic mass is 9.92. The summed E-state index contributed by atoms with van der Waals surface area (Å²) in [6, 6.07) is 5.55. The maximum atomic E-state index is 12.9. The average Bonchev–Trinajstić information content (AvgIpc) is 3.55. The van der Waals surface area contributed by atoms with Crippen LogP contribution in [0.1, 0.15) is 42.5 Å². The molecule has 37 heavy (non-hydrogen) atoms. The van der Waals surface area contributed by atoms with Gasteiger partial charge in [0.25, 0.3) is 5.91 Å². The molecule has 1 saturated heterocycles. The van der Waals surface area contributed by atoms with Gasteiger partial charge in [-0.05, 0) is 26.1 Å². The van der Waals surface area contributed by atoms with E-state index in [1.807, 2.05) is 40.1 Å². The molecular formula is C26H31N9O2. The number of likely N-dealkylation sites (N-methyl/N-ethyl adjacent to an activating group) is 1. The summed E-state index contributed by atoms with van der Waals surface area (Å²) in [6.07, 6.45) is 7.01. The summed E-state index contributed by atoms with van der Waals surface area (Å²) in [5.74, 6) is -0.0670. The number of carbonyl (C=O) groups is 1. The number of aryl methyl sites for hydroxylation is 1. The van der Waals surface area contributed by atoms with E-state index in [1.165, 1.54) is 6.20 Å². The number of rotatable bonds is 5. The Morgan fingerprint density at radius 2 is 1.84 bits per heavy atom. The molecule has 1 fully saturated rings. The van der Waals surface area contributed by atoms with E-state index >= 15 is 0 Å². The Bertz CT molecular complexity index is 1410. The van der Waals surface area contributed by atoms with Gasteiger partial charge in [-0.3, -0.25) is 20.1 Å². The maximum absolute atomic E-state index is 12.9. The SMILES string of the molecule is Cc1ncc(C(=O)Nc2cc(C(C)(C)C)no2)cc1-n1cc(-c2cncc(N3CCN(C)CC3)c2)nn1. The van der Waals surface area contributed by atoms with Crippen LogP contribution in [0.5, 0.6) is 0 Å². The largest absolute Gasteiger partial charge is 0.368 e. The van der Waals surface area contributed by atoms with Crippen LogP contribution in [-0.4, -0.2) is 74.2 Å². The normalized spacial score (nSPS) is 14.7. The highest BCUT2D eigenvalue weighted by atomic mass is 16.5. The number of nitrogens with one attached hydrogen (secondary N) is 1. The van der Waals surface area contributed by atoms with Crippen LogP contribution in [0.3, 0.4) is 0 Å². The first kappa shape index (κ1) is 24.6. The third-order valence-electron chi connectivity index (χ3n) is 6.47. The molecular weight excluding hydrogens is 470 g/mol. The molecule has 0 aromatic carbocycles. The first-order valence-electron chi connectivity index (χ1n) is 12.2. The number of piperazine rings is 1. The number of aromatic nitrogens is 6. The quantitative estimate of drug-likeness (QED) is 0.439. The maximum Gasteiger partial charge on any atom is 0.259 e. The van der Waals surface area contributed by atoms with Crippen LogP contribution in [-0.2, 0) is 5.41 Å². The Hall–Kier alpha value is -4.12. The number of hydrogen-bond donors (Lipinski definition) is 1. The van der Waals surface area contributed by atoms with Gasteiger partial charge in [0.05, 0.1) is 40.7 Å². The van der Waals surface area contributed by atoms with Gasteiger partial charge >= 0.3 is 0 Å². The van der Waals surface area contributed by atoms with Gasteiger partial charge in [0.2, 0.25) is 5.88 Å². The van der Waals surface area contributed by atoms with Crippen LogP contribution >= 0.6 is 0 Å². The van der Waals surface area contributed by atoms with Crippen molar-refractivity contribution in [2.75, 3.05) is 43.4 Å². The van der Waals surface area contributed by atoms with Crippen LogP contribution < -0.4 is 10.2 Å². The summed E-state index contributed by atoms with van der Waals surface area (Å²) in [4.78, 5) is 26.4. The van der Waals surface area contributed by atoms with Crippen molar-refractivity contribution >= 4 is 17.5 Å². The van der Waals surface area contributed by atoms with Crippen LogP contribution in [0.25, 0.3) is 16.9 Å². The van der Waals surface area contributed by atoms with Gasteiger partial charge in [0.1, 0.15) is 5.69 Å². The predicted octanol–water partition coefficient (Wildman–Crippen LogP) is 3.32. The zero-order valence-corrected chi connectivity index (χ0v) is 21.8. The van der Waals surface area contributed by atoms with Crippen LogP contribution in [0.4, 0.5) is 11.6 Å². The van der Waals surface area contributed by atoms with Crippen molar-refractivity contribution in [1.29, 1.82) is 0 Å². The molecule has 5 rings (SSSR count). The summed E-state index contributed by atoms with van der Waals surface area (Å²) in [7, 11) is 2.14. The first-order chi connectivity index (χ1) is 17.7. The smallest absolute Gasteiger partial charge is 0.259 e. The Kier molecular flexibility index (Phi) is 6.46. The molecule has 11 nitrogen and oxygen atoms in total. The van der Waals surface area contributed by atoms with Crippen molar-refractivity contribution in [2.24, 2.45) is 0 Å². The van der Waals surface area contributed by atoms with E-state index in [0.717, 1.165) is 43.1 Å². The number of pyridine rings is 2. The second-order valence-electron chi connectivity index (χ2n) is 10.4. The second kappa shape index (κ2) is 9.74. The summed E-state index contributed by atoms with van der Waals surface area (Å²) < 4.78 is 6.92. The van der Waals surface area contributed by atoms with Crippen molar-refractivity contribution in [1.82, 2.24) is 35.0 Å². The lowest BCUT2D eigenvalue weighted by Gasteiger charge is -2.33. The number of nitrogens with zero attached hydrogens (tertiary/aromatic N) is 8. The second-order valence-corrected chi connectivity index (χ2v) is 10.4. The van der Waals surface area contributed by atoms with Gasteiger partial charge in [-0.15, -0.1) is 5.10 Å². The molecule has 0 aliphatic carbocycles. The number of hydrogen-bond acceptors (Lipinski definition) is 9. The molecule has 0 bridgehead atoms. The average molecular weight is 502 g/mol. The van der Waals surface area contributed by atoms with Crippen molar-refractivity contribution in [3.63, 3.8) is 0 Å². The minimum Gasteiger partial charge on any atom is -0.368 e. The molecule has 4 aromatic heterocycles. The Morgan fingerprint density at radius 3 is 2.57 bits per heavy atom. The van der Waals surface area contributed by atoms with Gasteiger partial charge in [0.15, 0.2) is 0 Å². The molecule has 0 atom stereocenters. The lowest BCUT2D eigenvalue weighted by molar-refractivity contribution is 0.102. The zero-order valence-electron chi connectivity index (χ0n) is 21.8. The number of amides is 1. The zero-order chi connectivity index (χ0) is 26.2. The Morgan fingerprint density at radius 1 is 1.05 bits per heavy atom. The summed E-state index contributed by atoms with van der Waals surface area (Å²) in [5.41, 5.74) is 4.94. The summed E-state index contributed by atoms with van der Waals surface area (Å²) in [5, 5.41) is 15.5. The Labute approximate surface area is 215 Å². The number of carbonyl (C=O) groups excluding carboxylic acids is 1. The number of anilines is 2. The van der Waals surface area contributed by atoms with E-state index in [-0.39, 0.29) is 17.2 Å². The minimum atomic E-state index is -0.352. The molecule has 1 aliphatic rings. The fraction of sp³-hybridized carbons (Fsp3) is 0.385. The first-order valence-corrected chi connectivity index (χ1v) is 12.2. The fourth-order valence-electron chi connectivity index (χ4n) is 4.07. The third-order valence-corrected chi connectivity index (χ3v) is 6.47. The van der Waals surface area contributed by atoms with Gasteiger partial charge < -0.3 is 14.3 Å². The molecule has 1 amide bonds. The van der Waals surface area contributed by atoms with Crippen molar-refractivity contribution in [2.45, 2.75) is 33.1 Å². The highest BCUT2D eigenvalue weighted by Gasteiger charge is 2.21. The fourth-order valence-corrected chi connectivity index (χ4v) is 4.07. The molecule has 192 valence electrons. The van der Waals surface area contributed by atoms with Gasteiger partial charge in [-0.1, -0.05) is 31.1 Å². The molecule has 1 N–H and O–H groups in total. The van der Waals surface area contributed by atoms with Crippen LogP contribution in [0, 0.1) is 6.92 Å². The van der Waals surface area contributed by atoms with E-state index in [2.05, 4.69) is 53.7 Å². The molecule has 0 unspecified atom stereocenters. The van der Waals surface area contributed by atoms with Gasteiger partial charge in [0, 0.05) is 55.6 Å². The standard InChI is InChI=1S/C26H31N9O2/c1-17-22(11-19(14-28-17)25(36)29-24-12-23(31-37-24)26(2,3)4)35-16-21(30-32-35)18-10-20(15-27-13-18)34-8-6-33(5)7-9-34/h10-16H,6-9H2,1-5H3,(H,29,36). The van der Waals surface area contributed by atoms with E-state index in [4.69, 9.17) is 4.52 Å². The van der Waals surface area contributed by atoms with Crippen molar-refractivity contribution in [3.05, 3.63) is 59.9 Å². The lowest BCUT2D eigenvalue weighted by Crippen LogP contribution is -2.44. The summed E-state index contributed by atoms with van der Waals surface area (Å²) in [6.45, 7) is 11.9. The van der Waals surface area contributed by atoms with Crippen molar-refractivity contribution < 1.29 is 9.32 Å². The third kappa shape index (κ3) is 5.36. The van der Waals surface area contributed by atoms with Crippen LogP contribution in [0.15, 0.2) is 47.5 Å². The highest BCUT2D eigenvalue weighted by molar-refractivity contribution is 6.03. The molecule has 0 radical (unpaired) electrons.